The molecule has 2 heterocycles. The quantitative estimate of drug-likeness (QED) is 0.686. The number of halogens is 1. The van der Waals surface area contributed by atoms with Crippen molar-refractivity contribution in [3.63, 3.8) is 0 Å². The van der Waals surface area contributed by atoms with Gasteiger partial charge in [0.2, 0.25) is 0 Å². The first-order chi connectivity index (χ1) is 12.1. The van der Waals surface area contributed by atoms with Crippen LogP contribution in [0.2, 0.25) is 0 Å². The molecule has 0 aliphatic carbocycles. The molecule has 0 bridgehead atoms. The Bertz CT molecular complexity index is 928. The highest BCUT2D eigenvalue weighted by atomic mass is 19.1. The molecule has 0 radical (unpaired) electrons. The van der Waals surface area contributed by atoms with Crippen LogP contribution in [0.1, 0.15) is 33.3 Å². The van der Waals surface area contributed by atoms with Gasteiger partial charge in [0.15, 0.2) is 6.10 Å². The number of pyridine rings is 1. The van der Waals surface area contributed by atoms with Gasteiger partial charge in [-0.3, -0.25) is 4.98 Å². The number of carbonyl (C=O) groups is 1. The Labute approximate surface area is 143 Å². The van der Waals surface area contributed by atoms with Crippen LogP contribution in [0.25, 0.3) is 0 Å². The lowest BCUT2D eigenvalue weighted by Crippen LogP contribution is -2.15. The lowest BCUT2D eigenvalue weighted by atomic mass is 10.0. The van der Waals surface area contributed by atoms with Crippen LogP contribution >= 0.6 is 0 Å². The van der Waals surface area contributed by atoms with Crippen LogP contribution < -0.4 is 0 Å². The maximum Gasteiger partial charge on any atom is 0.355 e. The van der Waals surface area contributed by atoms with E-state index in [0.29, 0.717) is 16.7 Å². The van der Waals surface area contributed by atoms with E-state index in [1.54, 1.807) is 49.9 Å². The van der Waals surface area contributed by atoms with Crippen LogP contribution in [-0.4, -0.2) is 15.5 Å². The number of rotatable bonds is 4. The molecule has 1 atom stereocenters. The van der Waals surface area contributed by atoms with Gasteiger partial charge in [-0.15, -0.1) is 0 Å². The summed E-state index contributed by atoms with van der Waals surface area (Å²) in [7, 11) is 1.66. The normalized spacial score (nSPS) is 11.6. The second-order valence-corrected chi connectivity index (χ2v) is 5.45. The molecule has 25 heavy (non-hydrogen) atoms. The third kappa shape index (κ3) is 3.56. The predicted molar refractivity (Wildman–Crippen MR) is 88.0 cm³/mol. The van der Waals surface area contributed by atoms with Crippen molar-refractivity contribution >= 4 is 5.97 Å². The second kappa shape index (κ2) is 6.97. The molecular weight excluding hydrogens is 321 g/mol. The number of esters is 1. The van der Waals surface area contributed by atoms with Gasteiger partial charge in [0.05, 0.1) is 5.56 Å². The Hall–Kier alpha value is -3.46. The highest BCUT2D eigenvalue weighted by Gasteiger charge is 2.22. The summed E-state index contributed by atoms with van der Waals surface area (Å²) in [5.74, 6) is -0.945. The highest BCUT2D eigenvalue weighted by molar-refractivity contribution is 5.88. The van der Waals surface area contributed by atoms with Gasteiger partial charge in [0.1, 0.15) is 17.6 Å². The largest absolute Gasteiger partial charge is 0.448 e. The number of benzene rings is 1. The average Bonchev–Trinajstić information content (AvgIpc) is 3.02. The Balaban J connectivity index is 1.95. The van der Waals surface area contributed by atoms with Crippen LogP contribution in [0.15, 0.2) is 61.1 Å². The second-order valence-electron chi connectivity index (χ2n) is 5.45. The smallest absolute Gasteiger partial charge is 0.355 e. The molecule has 0 fully saturated rings. The fourth-order valence-electron chi connectivity index (χ4n) is 2.50. The van der Waals surface area contributed by atoms with Crippen LogP contribution in [0.3, 0.4) is 0 Å². The van der Waals surface area contributed by atoms with E-state index in [9.17, 15) is 9.18 Å². The molecule has 0 N–H and O–H groups in total. The zero-order valence-corrected chi connectivity index (χ0v) is 13.4. The van der Waals surface area contributed by atoms with Crippen LogP contribution in [0.5, 0.6) is 0 Å². The number of hydrogen-bond donors (Lipinski definition) is 0. The number of ether oxygens (including phenoxy) is 1. The Morgan fingerprint density at radius 2 is 1.84 bits per heavy atom. The van der Waals surface area contributed by atoms with Gasteiger partial charge in [-0.25, -0.2) is 9.18 Å². The standard InChI is InChI=1S/C19H14FN3O2/c1-23-12-13(11-21)10-17(23)19(24)25-18(15-6-8-22-9-7-15)14-2-4-16(20)5-3-14/h2-10,12,18H,1H3/t18-/m0/s1. The van der Waals surface area contributed by atoms with E-state index in [1.807, 2.05) is 6.07 Å². The molecule has 0 unspecified atom stereocenters. The number of carbonyl (C=O) groups excluding carboxylic acids is 1. The minimum atomic E-state index is -0.712. The summed E-state index contributed by atoms with van der Waals surface area (Å²) in [4.78, 5) is 16.5. The first-order valence-corrected chi connectivity index (χ1v) is 7.51. The van der Waals surface area contributed by atoms with E-state index in [0.717, 1.165) is 0 Å². The zero-order chi connectivity index (χ0) is 17.8. The van der Waals surface area contributed by atoms with E-state index >= 15 is 0 Å². The van der Waals surface area contributed by atoms with Crippen molar-refractivity contribution in [3.8, 4) is 6.07 Å². The van der Waals surface area contributed by atoms with Gasteiger partial charge in [-0.2, -0.15) is 5.26 Å². The van der Waals surface area contributed by atoms with Gasteiger partial charge in [-0.05, 0) is 35.9 Å². The number of hydrogen-bond acceptors (Lipinski definition) is 4. The van der Waals surface area contributed by atoms with Gasteiger partial charge >= 0.3 is 5.97 Å². The van der Waals surface area contributed by atoms with Crippen molar-refractivity contribution in [2.24, 2.45) is 7.05 Å². The topological polar surface area (TPSA) is 67.9 Å². The summed E-state index contributed by atoms with van der Waals surface area (Å²) in [5.41, 5.74) is 1.98. The minimum absolute atomic E-state index is 0.262. The summed E-state index contributed by atoms with van der Waals surface area (Å²) >= 11 is 0. The summed E-state index contributed by atoms with van der Waals surface area (Å²) in [5, 5.41) is 8.96. The average molecular weight is 335 g/mol. The molecule has 1 aromatic carbocycles. The first kappa shape index (κ1) is 16.4. The third-order valence-electron chi connectivity index (χ3n) is 3.75. The lowest BCUT2D eigenvalue weighted by Gasteiger charge is -2.19. The van der Waals surface area contributed by atoms with Gasteiger partial charge < -0.3 is 9.30 Å². The number of nitriles is 1. The summed E-state index contributed by atoms with van der Waals surface area (Å²) in [6.45, 7) is 0. The Kier molecular flexibility index (Phi) is 4.57. The lowest BCUT2D eigenvalue weighted by molar-refractivity contribution is 0.0366. The van der Waals surface area contributed by atoms with E-state index in [-0.39, 0.29) is 11.5 Å². The van der Waals surface area contributed by atoms with E-state index < -0.39 is 12.1 Å². The highest BCUT2D eigenvalue weighted by Crippen LogP contribution is 2.27. The molecule has 0 amide bonds. The fraction of sp³-hybridized carbons (Fsp3) is 0.105. The Morgan fingerprint density at radius 3 is 2.44 bits per heavy atom. The molecule has 0 saturated carbocycles. The number of aromatic nitrogens is 2. The molecule has 3 rings (SSSR count). The zero-order valence-electron chi connectivity index (χ0n) is 13.4. The number of aryl methyl sites for hydroxylation is 1. The molecule has 6 heteroatoms. The molecule has 0 saturated heterocycles. The molecular formula is C19H14FN3O2. The fourth-order valence-corrected chi connectivity index (χ4v) is 2.50. The maximum atomic E-state index is 13.2. The molecule has 0 aliphatic rings. The molecule has 2 aromatic heterocycles. The van der Waals surface area contributed by atoms with Gasteiger partial charge in [0.25, 0.3) is 0 Å². The summed E-state index contributed by atoms with van der Waals surface area (Å²) in [6, 6.07) is 12.7. The van der Waals surface area contributed by atoms with Crippen molar-refractivity contribution in [2.75, 3.05) is 0 Å². The van der Waals surface area contributed by atoms with Crippen molar-refractivity contribution in [1.29, 1.82) is 5.26 Å². The van der Waals surface area contributed by atoms with Crippen molar-refractivity contribution in [2.45, 2.75) is 6.10 Å². The van der Waals surface area contributed by atoms with Gasteiger partial charge in [0, 0.05) is 31.2 Å². The monoisotopic (exact) mass is 335 g/mol. The van der Waals surface area contributed by atoms with E-state index in [4.69, 9.17) is 10.00 Å². The molecule has 3 aromatic rings. The van der Waals surface area contributed by atoms with Crippen LogP contribution in [-0.2, 0) is 11.8 Å². The van der Waals surface area contributed by atoms with Crippen molar-refractivity contribution in [1.82, 2.24) is 9.55 Å². The number of nitrogens with zero attached hydrogens (tertiary/aromatic N) is 3. The van der Waals surface area contributed by atoms with E-state index in [1.165, 1.54) is 22.8 Å². The van der Waals surface area contributed by atoms with Crippen LogP contribution in [0.4, 0.5) is 4.39 Å². The molecule has 0 aliphatic heterocycles. The summed E-state index contributed by atoms with van der Waals surface area (Å²) < 4.78 is 20.4. The first-order valence-electron chi connectivity index (χ1n) is 7.51. The van der Waals surface area contributed by atoms with Gasteiger partial charge in [-0.1, -0.05) is 12.1 Å². The molecule has 5 nitrogen and oxygen atoms in total. The summed E-state index contributed by atoms with van der Waals surface area (Å²) in [6.07, 6.45) is 4.03. The maximum absolute atomic E-state index is 13.2. The van der Waals surface area contributed by atoms with Crippen molar-refractivity contribution < 1.29 is 13.9 Å². The predicted octanol–water partition coefficient (Wildman–Crippen LogP) is 3.38. The van der Waals surface area contributed by atoms with E-state index in [2.05, 4.69) is 4.98 Å². The third-order valence-corrected chi connectivity index (χ3v) is 3.75. The Morgan fingerprint density at radius 1 is 1.20 bits per heavy atom. The van der Waals surface area contributed by atoms with Crippen molar-refractivity contribution in [3.05, 3.63) is 89.3 Å². The molecule has 124 valence electrons. The molecule has 0 spiro atoms. The minimum Gasteiger partial charge on any atom is -0.448 e. The SMILES string of the molecule is Cn1cc(C#N)cc1C(=O)O[C@H](c1ccncc1)c1ccc(F)cc1. The van der Waals surface area contributed by atoms with Crippen LogP contribution in [0, 0.1) is 17.1 Å².